The number of amides is 1. The number of rotatable bonds is 6. The highest BCUT2D eigenvalue weighted by molar-refractivity contribution is 5.97. The fourth-order valence-corrected chi connectivity index (χ4v) is 4.35. The molecule has 33 heavy (non-hydrogen) atoms. The lowest BCUT2D eigenvalue weighted by molar-refractivity contribution is -0.131. The molecule has 2 heterocycles. The number of hydrogen-bond donors (Lipinski definition) is 1. The van der Waals surface area contributed by atoms with Crippen LogP contribution >= 0.6 is 0 Å². The Bertz CT molecular complexity index is 1080. The average Bonchev–Trinajstić information content (AvgIpc) is 2.97. The number of benzene rings is 1. The van der Waals surface area contributed by atoms with E-state index in [4.69, 9.17) is 9.47 Å². The van der Waals surface area contributed by atoms with Gasteiger partial charge < -0.3 is 14.8 Å². The van der Waals surface area contributed by atoms with E-state index in [0.29, 0.717) is 11.3 Å². The predicted octanol–water partition coefficient (Wildman–Crippen LogP) is 5.03. The van der Waals surface area contributed by atoms with Gasteiger partial charge in [0.25, 0.3) is 5.91 Å². The number of ether oxygens (including phenoxy) is 2. The van der Waals surface area contributed by atoms with Crippen molar-refractivity contribution >= 4 is 17.4 Å². The number of pyridine rings is 1. The zero-order valence-electron chi connectivity index (χ0n) is 19.2. The van der Waals surface area contributed by atoms with E-state index in [1.165, 1.54) is 25.3 Å². The van der Waals surface area contributed by atoms with Crippen molar-refractivity contribution in [1.82, 2.24) is 4.98 Å². The summed E-state index contributed by atoms with van der Waals surface area (Å²) < 4.78 is 41.0. The third-order valence-electron chi connectivity index (χ3n) is 6.82. The molecule has 1 aromatic carbocycles. The Morgan fingerprint density at radius 1 is 1.21 bits per heavy atom. The van der Waals surface area contributed by atoms with Crippen molar-refractivity contribution in [3.8, 4) is 5.75 Å². The summed E-state index contributed by atoms with van der Waals surface area (Å²) in [7, 11) is 0. The van der Waals surface area contributed by atoms with Gasteiger partial charge in [-0.15, -0.1) is 0 Å². The third-order valence-corrected chi connectivity index (χ3v) is 6.82. The van der Waals surface area contributed by atoms with Gasteiger partial charge in [0, 0.05) is 30.3 Å². The smallest absolute Gasteiger partial charge is 0.254 e. The normalized spacial score (nSPS) is 24.2. The van der Waals surface area contributed by atoms with Gasteiger partial charge in [0.2, 0.25) is 5.82 Å². The Labute approximate surface area is 191 Å². The largest absolute Gasteiger partial charge is 0.487 e. The molecule has 0 bridgehead atoms. The van der Waals surface area contributed by atoms with E-state index in [9.17, 15) is 18.4 Å². The molecule has 2 aliphatic rings. The molecule has 1 amide bonds. The first-order chi connectivity index (χ1) is 15.6. The number of nitrogens with one attached hydrogen (secondary N) is 1. The lowest BCUT2D eigenvalue weighted by Gasteiger charge is -2.30. The molecule has 1 aliphatic carbocycles. The van der Waals surface area contributed by atoms with Crippen LogP contribution in [0.15, 0.2) is 30.5 Å². The third kappa shape index (κ3) is 4.49. The van der Waals surface area contributed by atoms with Gasteiger partial charge in [0.05, 0.1) is 11.7 Å². The molecule has 2 aromatic rings. The molecule has 2 fully saturated rings. The first-order valence-electron chi connectivity index (χ1n) is 11.2. The van der Waals surface area contributed by atoms with E-state index in [-0.39, 0.29) is 29.2 Å². The Balaban J connectivity index is 1.69. The summed E-state index contributed by atoms with van der Waals surface area (Å²) in [5.74, 6) is -3.62. The minimum atomic E-state index is -1.05. The Morgan fingerprint density at radius 2 is 1.94 bits per heavy atom. The van der Waals surface area contributed by atoms with Crippen LogP contribution in [0.3, 0.4) is 0 Å². The van der Waals surface area contributed by atoms with Crippen LogP contribution in [0.2, 0.25) is 0 Å². The van der Waals surface area contributed by atoms with Gasteiger partial charge in [-0.2, -0.15) is 4.39 Å². The zero-order chi connectivity index (χ0) is 23.9. The van der Waals surface area contributed by atoms with Gasteiger partial charge in [-0.1, -0.05) is 13.0 Å². The van der Waals surface area contributed by atoms with E-state index < -0.39 is 35.2 Å². The highest BCUT2D eigenvalue weighted by Crippen LogP contribution is 2.49. The van der Waals surface area contributed by atoms with Crippen LogP contribution in [0.5, 0.6) is 5.75 Å². The number of hydrogen-bond acceptors (Lipinski definition) is 5. The standard InChI is InChI=1S/C25H28F2N2O4/c1-13-20(17-8-9-18(26)21(27)22(17)32-16-6-5-7-16)23(33-25(13,3)4)24(31)29-15-10-11-28-19(12-15)14(2)30/h8-13,16,20,23H,5-7H2,1-4H3,(H,28,29,31)/t13-,20-,23+/m0/s1. The van der Waals surface area contributed by atoms with Crippen molar-refractivity contribution in [2.45, 2.75) is 70.7 Å². The molecule has 8 heteroatoms. The van der Waals surface area contributed by atoms with Gasteiger partial charge in [0.1, 0.15) is 11.8 Å². The molecule has 1 aromatic heterocycles. The molecule has 1 N–H and O–H groups in total. The van der Waals surface area contributed by atoms with Gasteiger partial charge >= 0.3 is 0 Å². The second-order valence-corrected chi connectivity index (χ2v) is 9.38. The van der Waals surface area contributed by atoms with E-state index >= 15 is 0 Å². The van der Waals surface area contributed by atoms with E-state index in [2.05, 4.69) is 10.3 Å². The maximum Gasteiger partial charge on any atom is 0.254 e. The van der Waals surface area contributed by atoms with Crippen molar-refractivity contribution in [3.63, 3.8) is 0 Å². The minimum absolute atomic E-state index is 0.140. The molecular formula is C25H28F2N2O4. The Morgan fingerprint density at radius 3 is 2.58 bits per heavy atom. The quantitative estimate of drug-likeness (QED) is 0.615. The molecule has 6 nitrogen and oxygen atoms in total. The summed E-state index contributed by atoms with van der Waals surface area (Å²) in [5.41, 5.74) is 0.338. The fourth-order valence-electron chi connectivity index (χ4n) is 4.35. The van der Waals surface area contributed by atoms with Gasteiger partial charge in [-0.05, 0) is 57.2 Å². The first kappa shape index (κ1) is 23.3. The molecule has 1 saturated heterocycles. The number of halogens is 2. The van der Waals surface area contributed by atoms with Crippen LogP contribution in [0.25, 0.3) is 0 Å². The molecule has 0 unspecified atom stereocenters. The second-order valence-electron chi connectivity index (χ2n) is 9.38. The van der Waals surface area contributed by atoms with Crippen LogP contribution in [0, 0.1) is 17.6 Å². The summed E-state index contributed by atoms with van der Waals surface area (Å²) in [6.45, 7) is 7.04. The zero-order valence-corrected chi connectivity index (χ0v) is 19.2. The first-order valence-corrected chi connectivity index (χ1v) is 11.2. The van der Waals surface area contributed by atoms with Crippen molar-refractivity contribution in [2.24, 2.45) is 5.92 Å². The summed E-state index contributed by atoms with van der Waals surface area (Å²) in [5, 5.41) is 2.78. The molecule has 4 rings (SSSR count). The predicted molar refractivity (Wildman–Crippen MR) is 118 cm³/mol. The van der Waals surface area contributed by atoms with Crippen LogP contribution in [0.4, 0.5) is 14.5 Å². The fraction of sp³-hybridized carbons (Fsp3) is 0.480. The van der Waals surface area contributed by atoms with Crippen LogP contribution in [0.1, 0.15) is 68.9 Å². The Kier molecular flexibility index (Phi) is 6.22. The molecule has 0 spiro atoms. The van der Waals surface area contributed by atoms with Crippen molar-refractivity contribution in [2.75, 3.05) is 5.32 Å². The maximum absolute atomic E-state index is 14.9. The molecule has 1 aliphatic heterocycles. The highest BCUT2D eigenvalue weighted by atomic mass is 19.2. The van der Waals surface area contributed by atoms with Crippen LogP contribution in [-0.4, -0.2) is 34.5 Å². The minimum Gasteiger partial charge on any atom is -0.487 e. The summed E-state index contributed by atoms with van der Waals surface area (Å²) in [6, 6.07) is 5.61. The lowest BCUT2D eigenvalue weighted by atomic mass is 9.78. The number of ketones is 1. The van der Waals surface area contributed by atoms with Crippen molar-refractivity contribution in [3.05, 3.63) is 53.4 Å². The number of nitrogens with zero attached hydrogens (tertiary/aromatic N) is 1. The van der Waals surface area contributed by atoms with E-state index in [0.717, 1.165) is 25.3 Å². The van der Waals surface area contributed by atoms with Crippen LogP contribution in [-0.2, 0) is 9.53 Å². The van der Waals surface area contributed by atoms with E-state index in [1.54, 1.807) is 6.07 Å². The second kappa shape index (κ2) is 8.82. The highest BCUT2D eigenvalue weighted by Gasteiger charge is 2.52. The number of aromatic nitrogens is 1. The monoisotopic (exact) mass is 458 g/mol. The SMILES string of the molecule is CC(=O)c1cc(NC(=O)[C@@H]2OC(C)(C)[C@@H](C)[C@H]2c2ccc(F)c(F)c2OC2CCC2)ccn1. The maximum atomic E-state index is 14.9. The summed E-state index contributed by atoms with van der Waals surface area (Å²) >= 11 is 0. The van der Waals surface area contributed by atoms with E-state index in [1.807, 2.05) is 20.8 Å². The average molecular weight is 459 g/mol. The number of anilines is 1. The number of carbonyl (C=O) groups is 2. The van der Waals surface area contributed by atoms with Gasteiger partial charge in [-0.3, -0.25) is 14.6 Å². The summed E-state index contributed by atoms with van der Waals surface area (Å²) in [6.07, 6.45) is 2.83. The Hall–Kier alpha value is -2.87. The molecule has 3 atom stereocenters. The van der Waals surface area contributed by atoms with Crippen molar-refractivity contribution < 1.29 is 27.8 Å². The molecule has 176 valence electrons. The molecular weight excluding hydrogens is 430 g/mol. The summed E-state index contributed by atoms with van der Waals surface area (Å²) in [4.78, 5) is 28.9. The van der Waals surface area contributed by atoms with Crippen molar-refractivity contribution in [1.29, 1.82) is 0 Å². The molecule has 0 radical (unpaired) electrons. The molecule has 1 saturated carbocycles. The lowest BCUT2D eigenvalue weighted by Crippen LogP contribution is -2.34. The van der Waals surface area contributed by atoms with Gasteiger partial charge in [-0.25, -0.2) is 4.39 Å². The number of carbonyl (C=O) groups excluding carboxylic acids is 2. The van der Waals surface area contributed by atoms with Gasteiger partial charge in [0.15, 0.2) is 17.3 Å². The topological polar surface area (TPSA) is 77.5 Å². The van der Waals surface area contributed by atoms with Crippen LogP contribution < -0.4 is 10.1 Å². The number of Topliss-reactive ketones (excluding diaryl/α,β-unsaturated/α-hetero) is 1.